The van der Waals surface area contributed by atoms with Crippen molar-refractivity contribution in [3.8, 4) is 0 Å². The van der Waals surface area contributed by atoms with Crippen molar-refractivity contribution in [3.05, 3.63) is 48.0 Å². The SMILES string of the molecule is CCNC(=O)C[C@H](c1ccccc1)N1C(=O)[C@@H]2[C@H](C1=O)[C@H]1C=C[C@H]2CC1. The van der Waals surface area contributed by atoms with Crippen molar-refractivity contribution in [2.24, 2.45) is 23.7 Å². The van der Waals surface area contributed by atoms with Gasteiger partial charge in [-0.1, -0.05) is 42.5 Å². The molecule has 4 aliphatic rings. The van der Waals surface area contributed by atoms with Crippen LogP contribution >= 0.6 is 0 Å². The molecule has 5 nitrogen and oxygen atoms in total. The fraction of sp³-hybridized carbons (Fsp3) is 0.476. The van der Waals surface area contributed by atoms with E-state index in [1.165, 1.54) is 4.90 Å². The van der Waals surface area contributed by atoms with Crippen LogP contribution in [0.25, 0.3) is 0 Å². The minimum Gasteiger partial charge on any atom is -0.356 e. The zero-order chi connectivity index (χ0) is 18.3. The van der Waals surface area contributed by atoms with Gasteiger partial charge in [-0.15, -0.1) is 0 Å². The van der Waals surface area contributed by atoms with Gasteiger partial charge < -0.3 is 5.32 Å². The first-order valence-corrected chi connectivity index (χ1v) is 9.48. The Kier molecular flexibility index (Phi) is 4.39. The van der Waals surface area contributed by atoms with E-state index in [1.807, 2.05) is 37.3 Å². The van der Waals surface area contributed by atoms with Gasteiger partial charge in [-0.2, -0.15) is 0 Å². The Morgan fingerprint density at radius 1 is 1.08 bits per heavy atom. The van der Waals surface area contributed by atoms with E-state index < -0.39 is 6.04 Å². The van der Waals surface area contributed by atoms with Crippen molar-refractivity contribution in [3.63, 3.8) is 0 Å². The van der Waals surface area contributed by atoms with Crippen LogP contribution in [0.15, 0.2) is 42.5 Å². The maximum Gasteiger partial charge on any atom is 0.234 e. The summed E-state index contributed by atoms with van der Waals surface area (Å²) in [4.78, 5) is 40.1. The number of fused-ring (bicyclic) bond motifs is 1. The van der Waals surface area contributed by atoms with Gasteiger partial charge in [0.1, 0.15) is 0 Å². The molecule has 0 radical (unpaired) electrons. The number of benzene rings is 1. The highest BCUT2D eigenvalue weighted by molar-refractivity contribution is 6.06. The third kappa shape index (κ3) is 2.66. The fourth-order valence-corrected chi connectivity index (χ4v) is 4.88. The highest BCUT2D eigenvalue weighted by Gasteiger charge is 2.58. The van der Waals surface area contributed by atoms with Crippen LogP contribution in [0.4, 0.5) is 0 Å². The molecule has 5 heteroatoms. The monoisotopic (exact) mass is 352 g/mol. The predicted octanol–water partition coefficient (Wildman–Crippen LogP) is 2.45. The van der Waals surface area contributed by atoms with Crippen LogP contribution in [0.3, 0.4) is 0 Å². The summed E-state index contributed by atoms with van der Waals surface area (Å²) in [6.07, 6.45) is 6.29. The average Bonchev–Trinajstić information content (AvgIpc) is 2.95. The van der Waals surface area contributed by atoms with Crippen LogP contribution in [0.2, 0.25) is 0 Å². The van der Waals surface area contributed by atoms with Gasteiger partial charge in [-0.3, -0.25) is 19.3 Å². The van der Waals surface area contributed by atoms with Crippen LogP contribution in [0.1, 0.15) is 37.8 Å². The maximum absolute atomic E-state index is 13.2. The molecule has 0 aromatic heterocycles. The molecular formula is C21H24N2O3. The number of carbonyl (C=O) groups is 3. The van der Waals surface area contributed by atoms with Crippen molar-refractivity contribution < 1.29 is 14.4 Å². The van der Waals surface area contributed by atoms with E-state index in [4.69, 9.17) is 0 Å². The fourth-order valence-electron chi connectivity index (χ4n) is 4.88. The number of hydrogen-bond acceptors (Lipinski definition) is 3. The molecule has 1 saturated heterocycles. The van der Waals surface area contributed by atoms with Crippen molar-refractivity contribution in [2.75, 3.05) is 6.54 Å². The lowest BCUT2D eigenvalue weighted by Gasteiger charge is -2.38. The summed E-state index contributed by atoms with van der Waals surface area (Å²) < 4.78 is 0. The van der Waals surface area contributed by atoms with E-state index in [-0.39, 0.29) is 47.8 Å². The molecule has 5 rings (SSSR count). The van der Waals surface area contributed by atoms with Crippen molar-refractivity contribution in [2.45, 2.75) is 32.2 Å². The minimum absolute atomic E-state index is 0.0998. The zero-order valence-corrected chi connectivity index (χ0v) is 14.9. The maximum atomic E-state index is 13.2. The number of carbonyl (C=O) groups excluding carboxylic acids is 3. The summed E-state index contributed by atoms with van der Waals surface area (Å²) in [5, 5.41) is 2.79. The molecule has 1 N–H and O–H groups in total. The Labute approximate surface area is 153 Å². The molecule has 1 aromatic carbocycles. The highest BCUT2D eigenvalue weighted by Crippen LogP contribution is 2.51. The standard InChI is InChI=1S/C21H24N2O3/c1-2-22-17(24)12-16(13-6-4-3-5-7-13)23-20(25)18-14-8-9-15(11-10-14)19(18)21(23)26/h3-9,14-16,18-19H,2,10-12H2,1H3,(H,22,24)/t14-,15-,16+,18-,19+/m0/s1. The number of likely N-dealkylation sites (tertiary alicyclic amines) is 1. The molecule has 136 valence electrons. The summed E-state index contributed by atoms with van der Waals surface area (Å²) in [5.74, 6) is -0.509. The second kappa shape index (κ2) is 6.71. The van der Waals surface area contributed by atoms with E-state index in [0.717, 1.165) is 18.4 Å². The van der Waals surface area contributed by atoms with Gasteiger partial charge in [0.2, 0.25) is 17.7 Å². The van der Waals surface area contributed by atoms with E-state index in [1.54, 1.807) is 0 Å². The molecule has 5 atom stereocenters. The summed E-state index contributed by atoms with van der Waals surface area (Å²) >= 11 is 0. The summed E-state index contributed by atoms with van der Waals surface area (Å²) in [5.41, 5.74) is 0.833. The zero-order valence-electron chi connectivity index (χ0n) is 14.9. The third-order valence-electron chi connectivity index (χ3n) is 6.04. The third-order valence-corrected chi connectivity index (χ3v) is 6.04. The van der Waals surface area contributed by atoms with Gasteiger partial charge in [0, 0.05) is 6.54 Å². The van der Waals surface area contributed by atoms with Crippen LogP contribution in [0.5, 0.6) is 0 Å². The first-order valence-electron chi connectivity index (χ1n) is 9.48. The van der Waals surface area contributed by atoms with Crippen LogP contribution in [0, 0.1) is 23.7 Å². The molecule has 2 bridgehead atoms. The number of amides is 3. The molecule has 1 heterocycles. The average molecular weight is 352 g/mol. The molecule has 2 fully saturated rings. The number of rotatable bonds is 5. The van der Waals surface area contributed by atoms with Crippen LogP contribution < -0.4 is 5.32 Å². The van der Waals surface area contributed by atoms with Gasteiger partial charge in [0.25, 0.3) is 0 Å². The summed E-state index contributed by atoms with van der Waals surface area (Å²) in [6, 6.07) is 8.89. The van der Waals surface area contributed by atoms with Gasteiger partial charge in [-0.25, -0.2) is 0 Å². The summed E-state index contributed by atoms with van der Waals surface area (Å²) in [6.45, 7) is 2.39. The predicted molar refractivity (Wildman–Crippen MR) is 96.7 cm³/mol. The van der Waals surface area contributed by atoms with Gasteiger partial charge >= 0.3 is 0 Å². The van der Waals surface area contributed by atoms with E-state index >= 15 is 0 Å². The molecule has 26 heavy (non-hydrogen) atoms. The Morgan fingerprint density at radius 2 is 1.65 bits per heavy atom. The lowest BCUT2D eigenvalue weighted by Crippen LogP contribution is -2.38. The molecule has 0 unspecified atom stereocenters. The quantitative estimate of drug-likeness (QED) is 0.654. The van der Waals surface area contributed by atoms with Crippen molar-refractivity contribution >= 4 is 17.7 Å². The normalized spacial score (nSPS) is 30.4. The Balaban J connectivity index is 1.68. The number of allylic oxidation sites excluding steroid dienone is 2. The molecular weight excluding hydrogens is 328 g/mol. The molecule has 1 saturated carbocycles. The molecule has 3 aliphatic carbocycles. The number of imide groups is 1. The van der Waals surface area contributed by atoms with Crippen molar-refractivity contribution in [1.82, 2.24) is 10.2 Å². The summed E-state index contributed by atoms with van der Waals surface area (Å²) in [7, 11) is 0. The number of nitrogens with zero attached hydrogens (tertiary/aromatic N) is 1. The first-order chi connectivity index (χ1) is 12.6. The Bertz CT molecular complexity index is 726. The Hall–Kier alpha value is -2.43. The largest absolute Gasteiger partial charge is 0.356 e. The smallest absolute Gasteiger partial charge is 0.234 e. The Morgan fingerprint density at radius 3 is 2.15 bits per heavy atom. The van der Waals surface area contributed by atoms with E-state index in [0.29, 0.717) is 6.54 Å². The highest BCUT2D eigenvalue weighted by atomic mass is 16.2. The molecule has 1 aliphatic heterocycles. The lowest BCUT2D eigenvalue weighted by molar-refractivity contribution is -0.143. The van der Waals surface area contributed by atoms with Gasteiger partial charge in [0.15, 0.2) is 0 Å². The number of hydrogen-bond donors (Lipinski definition) is 1. The number of nitrogens with one attached hydrogen (secondary N) is 1. The minimum atomic E-state index is -0.534. The molecule has 3 amide bonds. The lowest BCUT2D eigenvalue weighted by atomic mass is 9.63. The van der Waals surface area contributed by atoms with E-state index in [9.17, 15) is 14.4 Å². The van der Waals surface area contributed by atoms with Gasteiger partial charge in [-0.05, 0) is 37.2 Å². The second-order valence-corrected chi connectivity index (χ2v) is 7.47. The van der Waals surface area contributed by atoms with Crippen LogP contribution in [-0.4, -0.2) is 29.2 Å². The molecule has 1 aromatic rings. The van der Waals surface area contributed by atoms with Crippen LogP contribution in [-0.2, 0) is 14.4 Å². The molecule has 0 spiro atoms. The van der Waals surface area contributed by atoms with E-state index in [2.05, 4.69) is 17.5 Å². The first kappa shape index (κ1) is 17.0. The van der Waals surface area contributed by atoms with Crippen molar-refractivity contribution in [1.29, 1.82) is 0 Å². The van der Waals surface area contributed by atoms with Gasteiger partial charge in [0.05, 0.1) is 24.3 Å². The topological polar surface area (TPSA) is 66.5 Å². The second-order valence-electron chi connectivity index (χ2n) is 7.47.